The normalized spacial score (nSPS) is 10.5. The SMILES string of the molecule is CCCc1cc(NCC)nc(-c2ncccc2Cl)n1. The van der Waals surface area contributed by atoms with E-state index in [4.69, 9.17) is 11.6 Å². The van der Waals surface area contributed by atoms with E-state index in [1.165, 1.54) is 0 Å². The van der Waals surface area contributed by atoms with E-state index >= 15 is 0 Å². The average Bonchev–Trinajstić information content (AvgIpc) is 2.40. The zero-order chi connectivity index (χ0) is 13.7. The second-order valence-electron chi connectivity index (χ2n) is 4.18. The number of nitrogens with one attached hydrogen (secondary N) is 1. The topological polar surface area (TPSA) is 50.7 Å². The third-order valence-electron chi connectivity index (χ3n) is 2.61. The van der Waals surface area contributed by atoms with Crippen molar-refractivity contribution in [3.05, 3.63) is 35.1 Å². The number of hydrogen-bond donors (Lipinski definition) is 1. The highest BCUT2D eigenvalue weighted by Gasteiger charge is 2.10. The maximum Gasteiger partial charge on any atom is 0.181 e. The second-order valence-corrected chi connectivity index (χ2v) is 4.59. The number of anilines is 1. The van der Waals surface area contributed by atoms with E-state index in [0.717, 1.165) is 30.9 Å². The fourth-order valence-electron chi connectivity index (χ4n) is 1.81. The summed E-state index contributed by atoms with van der Waals surface area (Å²) in [6.07, 6.45) is 3.65. The zero-order valence-electron chi connectivity index (χ0n) is 11.2. The zero-order valence-corrected chi connectivity index (χ0v) is 11.9. The number of nitrogens with zero attached hydrogens (tertiary/aromatic N) is 3. The number of pyridine rings is 1. The predicted molar refractivity (Wildman–Crippen MR) is 78.4 cm³/mol. The number of halogens is 1. The van der Waals surface area contributed by atoms with Crippen LogP contribution in [0.15, 0.2) is 24.4 Å². The first kappa shape index (κ1) is 13.7. The molecule has 0 aliphatic carbocycles. The molecule has 19 heavy (non-hydrogen) atoms. The molecule has 0 spiro atoms. The molecule has 4 nitrogen and oxygen atoms in total. The largest absolute Gasteiger partial charge is 0.370 e. The molecule has 0 saturated carbocycles. The van der Waals surface area contributed by atoms with E-state index in [1.54, 1.807) is 18.3 Å². The third-order valence-corrected chi connectivity index (χ3v) is 2.92. The highest BCUT2D eigenvalue weighted by molar-refractivity contribution is 6.32. The van der Waals surface area contributed by atoms with Gasteiger partial charge in [0.05, 0.1) is 5.02 Å². The summed E-state index contributed by atoms with van der Waals surface area (Å²) in [6.45, 7) is 4.98. The van der Waals surface area contributed by atoms with E-state index in [-0.39, 0.29) is 0 Å². The Kier molecular flexibility index (Phi) is 4.68. The molecule has 2 aromatic heterocycles. The van der Waals surface area contributed by atoms with Crippen molar-refractivity contribution in [1.82, 2.24) is 15.0 Å². The van der Waals surface area contributed by atoms with Gasteiger partial charge in [-0.2, -0.15) is 0 Å². The average molecular weight is 277 g/mol. The van der Waals surface area contributed by atoms with Crippen LogP contribution in [-0.2, 0) is 6.42 Å². The summed E-state index contributed by atoms with van der Waals surface area (Å²) in [7, 11) is 0. The van der Waals surface area contributed by atoms with Crippen LogP contribution < -0.4 is 5.32 Å². The molecule has 0 amide bonds. The minimum atomic E-state index is 0.568. The van der Waals surface area contributed by atoms with Gasteiger partial charge >= 0.3 is 0 Å². The smallest absolute Gasteiger partial charge is 0.181 e. The van der Waals surface area contributed by atoms with E-state index < -0.39 is 0 Å². The van der Waals surface area contributed by atoms with E-state index in [9.17, 15) is 0 Å². The Morgan fingerprint density at radius 1 is 1.26 bits per heavy atom. The van der Waals surface area contributed by atoms with Crippen molar-refractivity contribution in [3.8, 4) is 11.5 Å². The van der Waals surface area contributed by atoms with Crippen LogP contribution in [0.1, 0.15) is 26.0 Å². The fourth-order valence-corrected chi connectivity index (χ4v) is 2.02. The molecule has 0 saturated heterocycles. The summed E-state index contributed by atoms with van der Waals surface area (Å²) in [5.74, 6) is 1.39. The molecule has 100 valence electrons. The van der Waals surface area contributed by atoms with Gasteiger partial charge in [0.15, 0.2) is 5.82 Å². The maximum absolute atomic E-state index is 6.15. The van der Waals surface area contributed by atoms with Crippen LogP contribution in [0.2, 0.25) is 5.02 Å². The molecule has 0 fully saturated rings. The van der Waals surface area contributed by atoms with Gasteiger partial charge in [-0.25, -0.2) is 9.97 Å². The first-order chi connectivity index (χ1) is 9.24. The van der Waals surface area contributed by atoms with Crippen LogP contribution in [0, 0.1) is 0 Å². The Labute approximate surface area is 118 Å². The predicted octanol–water partition coefficient (Wildman–Crippen LogP) is 3.58. The molecule has 0 aliphatic rings. The summed E-state index contributed by atoms with van der Waals surface area (Å²) in [4.78, 5) is 13.3. The van der Waals surface area contributed by atoms with Crippen LogP contribution >= 0.6 is 11.6 Å². The first-order valence-electron chi connectivity index (χ1n) is 6.47. The maximum atomic E-state index is 6.15. The summed E-state index contributed by atoms with van der Waals surface area (Å²) in [5.41, 5.74) is 1.63. The Morgan fingerprint density at radius 2 is 2.11 bits per heavy atom. The molecule has 0 bridgehead atoms. The Balaban J connectivity index is 2.46. The molecule has 0 aliphatic heterocycles. The van der Waals surface area contributed by atoms with Crippen LogP contribution in [0.3, 0.4) is 0 Å². The monoisotopic (exact) mass is 276 g/mol. The van der Waals surface area contributed by atoms with Crippen molar-refractivity contribution in [1.29, 1.82) is 0 Å². The molecule has 2 aromatic rings. The van der Waals surface area contributed by atoms with Gasteiger partial charge in [0.2, 0.25) is 0 Å². The third kappa shape index (κ3) is 3.41. The summed E-state index contributed by atoms with van der Waals surface area (Å²) < 4.78 is 0. The number of hydrogen-bond acceptors (Lipinski definition) is 4. The Hall–Kier alpha value is -1.68. The highest BCUT2D eigenvalue weighted by atomic mass is 35.5. The van der Waals surface area contributed by atoms with Crippen molar-refractivity contribution < 1.29 is 0 Å². The molecular formula is C14H17ClN4. The van der Waals surface area contributed by atoms with Crippen LogP contribution in [0.5, 0.6) is 0 Å². The Bertz CT molecular complexity index is 533. The summed E-state index contributed by atoms with van der Waals surface area (Å²) in [5, 5.41) is 3.78. The minimum absolute atomic E-state index is 0.568. The lowest BCUT2D eigenvalue weighted by Crippen LogP contribution is -2.04. The lowest BCUT2D eigenvalue weighted by atomic mass is 10.2. The van der Waals surface area contributed by atoms with Gasteiger partial charge in [0.1, 0.15) is 11.5 Å². The number of aryl methyl sites for hydroxylation is 1. The molecule has 0 atom stereocenters. The van der Waals surface area contributed by atoms with Gasteiger partial charge in [-0.05, 0) is 25.5 Å². The van der Waals surface area contributed by atoms with Crippen molar-refractivity contribution in [3.63, 3.8) is 0 Å². The van der Waals surface area contributed by atoms with Gasteiger partial charge in [-0.1, -0.05) is 24.9 Å². The van der Waals surface area contributed by atoms with Crippen molar-refractivity contribution >= 4 is 17.4 Å². The van der Waals surface area contributed by atoms with Crippen molar-refractivity contribution in [2.75, 3.05) is 11.9 Å². The molecule has 5 heteroatoms. The molecule has 1 N–H and O–H groups in total. The van der Waals surface area contributed by atoms with E-state index in [0.29, 0.717) is 16.5 Å². The fraction of sp³-hybridized carbons (Fsp3) is 0.357. The quantitative estimate of drug-likeness (QED) is 0.907. The summed E-state index contributed by atoms with van der Waals surface area (Å²) in [6, 6.07) is 5.58. The first-order valence-corrected chi connectivity index (χ1v) is 6.85. The van der Waals surface area contributed by atoms with Crippen molar-refractivity contribution in [2.24, 2.45) is 0 Å². The molecule has 0 aromatic carbocycles. The van der Waals surface area contributed by atoms with Crippen molar-refractivity contribution in [2.45, 2.75) is 26.7 Å². The standard InChI is InChI=1S/C14H17ClN4/c1-3-6-10-9-12(16-4-2)19-14(18-10)13-11(15)7-5-8-17-13/h5,7-9H,3-4,6H2,1-2H3,(H,16,18,19). The molecular weight excluding hydrogens is 260 g/mol. The van der Waals surface area contributed by atoms with Crippen LogP contribution in [0.25, 0.3) is 11.5 Å². The van der Waals surface area contributed by atoms with Gasteiger partial charge in [-0.15, -0.1) is 0 Å². The number of aromatic nitrogens is 3. The van der Waals surface area contributed by atoms with Crippen LogP contribution in [-0.4, -0.2) is 21.5 Å². The molecule has 0 unspecified atom stereocenters. The van der Waals surface area contributed by atoms with Gasteiger partial charge in [0.25, 0.3) is 0 Å². The van der Waals surface area contributed by atoms with E-state index in [1.807, 2.05) is 13.0 Å². The highest BCUT2D eigenvalue weighted by Crippen LogP contribution is 2.23. The minimum Gasteiger partial charge on any atom is -0.370 e. The lowest BCUT2D eigenvalue weighted by molar-refractivity contribution is 0.873. The van der Waals surface area contributed by atoms with Gasteiger partial charge < -0.3 is 5.32 Å². The van der Waals surface area contributed by atoms with Gasteiger partial charge in [-0.3, -0.25) is 4.98 Å². The van der Waals surface area contributed by atoms with Gasteiger partial charge in [0, 0.05) is 24.5 Å². The van der Waals surface area contributed by atoms with E-state index in [2.05, 4.69) is 27.2 Å². The molecule has 2 rings (SSSR count). The summed E-state index contributed by atoms with van der Waals surface area (Å²) >= 11 is 6.15. The second kappa shape index (κ2) is 6.48. The molecule has 2 heterocycles. The van der Waals surface area contributed by atoms with Crippen LogP contribution in [0.4, 0.5) is 5.82 Å². The Morgan fingerprint density at radius 3 is 2.79 bits per heavy atom. The number of rotatable bonds is 5. The lowest BCUT2D eigenvalue weighted by Gasteiger charge is -2.08. The molecule has 0 radical (unpaired) electrons.